The lowest BCUT2D eigenvalue weighted by molar-refractivity contribution is 0.632. The molecule has 2 aromatic rings. The second-order valence-electron chi connectivity index (χ2n) is 4.82. The normalized spacial score (nSPS) is 11.2. The lowest BCUT2D eigenvalue weighted by atomic mass is 10.1. The van der Waals surface area contributed by atoms with Crippen molar-refractivity contribution in [3.05, 3.63) is 43.0 Å². The van der Waals surface area contributed by atoms with Crippen molar-refractivity contribution in [3.8, 4) is 11.4 Å². The number of hydrogen-bond donors (Lipinski definition) is 0. The van der Waals surface area contributed by atoms with Crippen LogP contribution in [0.4, 0.5) is 0 Å². The molecule has 0 spiro atoms. The van der Waals surface area contributed by atoms with E-state index in [0.29, 0.717) is 21.9 Å². The summed E-state index contributed by atoms with van der Waals surface area (Å²) in [6, 6.07) is 5.51. The molecular weight excluding hydrogens is 427 g/mol. The third-order valence-corrected chi connectivity index (χ3v) is 4.91. The molecule has 0 aliphatic heterocycles. The number of benzene rings is 1. The second kappa shape index (κ2) is 6.73. The van der Waals surface area contributed by atoms with E-state index in [9.17, 15) is 0 Å². The number of nitrogens with zero attached hydrogens (tertiary/aromatic N) is 2. The average Bonchev–Trinajstić information content (AvgIpc) is 2.37. The minimum Gasteiger partial charge on any atom is -0.232 e. The summed E-state index contributed by atoms with van der Waals surface area (Å²) < 4.78 is 1.64. The van der Waals surface area contributed by atoms with Gasteiger partial charge >= 0.3 is 0 Å². The van der Waals surface area contributed by atoms with Gasteiger partial charge < -0.3 is 0 Å². The van der Waals surface area contributed by atoms with Gasteiger partial charge in [-0.1, -0.05) is 53.0 Å². The van der Waals surface area contributed by atoms with Crippen LogP contribution in [0.1, 0.15) is 19.5 Å². The van der Waals surface area contributed by atoms with Crippen LogP contribution in [0.25, 0.3) is 11.4 Å². The molecule has 1 aromatic heterocycles. The van der Waals surface area contributed by atoms with Crippen molar-refractivity contribution in [2.24, 2.45) is 5.92 Å². The molecule has 2 rings (SSSR count). The van der Waals surface area contributed by atoms with Crippen LogP contribution in [0.5, 0.6) is 0 Å². The van der Waals surface area contributed by atoms with Gasteiger partial charge in [0.05, 0.1) is 10.2 Å². The van der Waals surface area contributed by atoms with E-state index in [1.54, 1.807) is 0 Å². The molecular formula is C14H12Br2Cl2N2. The summed E-state index contributed by atoms with van der Waals surface area (Å²) in [5.74, 6) is 1.05. The summed E-state index contributed by atoms with van der Waals surface area (Å²) in [6.07, 6.45) is 0.827. The van der Waals surface area contributed by atoms with Gasteiger partial charge in [-0.2, -0.15) is 0 Å². The first-order chi connectivity index (χ1) is 9.38. The van der Waals surface area contributed by atoms with E-state index in [-0.39, 0.29) is 0 Å². The van der Waals surface area contributed by atoms with Gasteiger partial charge in [0.2, 0.25) is 0 Å². The largest absolute Gasteiger partial charge is 0.232 e. The molecule has 6 heteroatoms. The predicted octanol–water partition coefficient (Wildman–Crippen LogP) is 6.17. The second-order valence-corrected chi connectivity index (χ2v) is 7.26. The van der Waals surface area contributed by atoms with E-state index < -0.39 is 0 Å². The molecule has 1 aromatic carbocycles. The Bertz CT molecular complexity index is 645. The quantitative estimate of drug-likeness (QED) is 0.535. The first-order valence-electron chi connectivity index (χ1n) is 6.05. The molecule has 0 aliphatic rings. The molecule has 20 heavy (non-hydrogen) atoms. The van der Waals surface area contributed by atoms with Gasteiger partial charge in [0, 0.05) is 15.1 Å². The van der Waals surface area contributed by atoms with Crippen molar-refractivity contribution in [1.82, 2.24) is 9.97 Å². The van der Waals surface area contributed by atoms with Gasteiger partial charge in [0.15, 0.2) is 5.82 Å². The molecule has 0 bridgehead atoms. The van der Waals surface area contributed by atoms with Crippen molar-refractivity contribution in [1.29, 1.82) is 0 Å². The summed E-state index contributed by atoms with van der Waals surface area (Å²) in [7, 11) is 0. The van der Waals surface area contributed by atoms with Crippen molar-refractivity contribution in [2.75, 3.05) is 0 Å². The Labute approximate surface area is 145 Å². The zero-order chi connectivity index (χ0) is 14.9. The number of rotatable bonds is 3. The molecule has 0 amide bonds. The van der Waals surface area contributed by atoms with Crippen LogP contribution in [0.15, 0.2) is 27.1 Å². The molecule has 2 nitrogen and oxygen atoms in total. The standard InChI is InChI=1S/C14H12Br2Cl2N2/c1-7(2)5-11-12(16)13(18)20-14(19-11)9-6-8(17)3-4-10(9)15/h3-4,6-7H,5H2,1-2H3. The van der Waals surface area contributed by atoms with Crippen molar-refractivity contribution in [2.45, 2.75) is 20.3 Å². The molecule has 0 radical (unpaired) electrons. The molecule has 0 saturated heterocycles. The van der Waals surface area contributed by atoms with Crippen LogP contribution >= 0.6 is 55.1 Å². The van der Waals surface area contributed by atoms with Crippen molar-refractivity contribution < 1.29 is 0 Å². The maximum Gasteiger partial charge on any atom is 0.162 e. The van der Waals surface area contributed by atoms with Crippen molar-refractivity contribution >= 4 is 55.1 Å². The highest BCUT2D eigenvalue weighted by atomic mass is 79.9. The lowest BCUT2D eigenvalue weighted by Crippen LogP contribution is -2.03. The van der Waals surface area contributed by atoms with E-state index in [0.717, 1.165) is 26.6 Å². The highest BCUT2D eigenvalue weighted by Gasteiger charge is 2.15. The SMILES string of the molecule is CC(C)Cc1nc(-c2cc(Cl)ccc2Br)nc(Cl)c1Br. The molecule has 1 heterocycles. The van der Waals surface area contributed by atoms with E-state index >= 15 is 0 Å². The van der Waals surface area contributed by atoms with Crippen molar-refractivity contribution in [3.63, 3.8) is 0 Å². The zero-order valence-corrected chi connectivity index (χ0v) is 15.6. The number of hydrogen-bond acceptors (Lipinski definition) is 2. The average molecular weight is 439 g/mol. The summed E-state index contributed by atoms with van der Waals surface area (Å²) in [5, 5.41) is 1.05. The van der Waals surface area contributed by atoms with Gasteiger partial charge in [-0.25, -0.2) is 9.97 Å². The maximum absolute atomic E-state index is 6.20. The van der Waals surface area contributed by atoms with Crippen LogP contribution in [-0.4, -0.2) is 9.97 Å². The molecule has 0 unspecified atom stereocenters. The highest BCUT2D eigenvalue weighted by Crippen LogP contribution is 2.32. The third kappa shape index (κ3) is 3.73. The fourth-order valence-corrected chi connectivity index (χ4v) is 2.90. The van der Waals surface area contributed by atoms with Gasteiger partial charge in [0.1, 0.15) is 5.15 Å². The molecule has 0 atom stereocenters. The Kier molecular flexibility index (Phi) is 5.46. The molecule has 106 valence electrons. The maximum atomic E-state index is 6.20. The topological polar surface area (TPSA) is 25.8 Å². The highest BCUT2D eigenvalue weighted by molar-refractivity contribution is 9.11. The van der Waals surface area contributed by atoms with E-state index in [1.807, 2.05) is 18.2 Å². The Balaban J connectivity index is 2.57. The van der Waals surface area contributed by atoms with E-state index in [4.69, 9.17) is 23.2 Å². The first kappa shape index (κ1) is 16.2. The summed E-state index contributed by atoms with van der Waals surface area (Å²) >= 11 is 19.2. The Morgan fingerprint density at radius 3 is 2.50 bits per heavy atom. The minimum atomic E-state index is 0.414. The van der Waals surface area contributed by atoms with Crippen LogP contribution < -0.4 is 0 Å². The fraction of sp³-hybridized carbons (Fsp3) is 0.286. The molecule has 0 fully saturated rings. The molecule has 0 saturated carbocycles. The Morgan fingerprint density at radius 2 is 1.85 bits per heavy atom. The van der Waals surface area contributed by atoms with Crippen LogP contribution in [0, 0.1) is 5.92 Å². The minimum absolute atomic E-state index is 0.414. The van der Waals surface area contributed by atoms with Gasteiger partial charge in [-0.15, -0.1) is 0 Å². The number of aromatic nitrogens is 2. The van der Waals surface area contributed by atoms with Gasteiger partial charge in [-0.05, 0) is 46.5 Å². The van der Waals surface area contributed by atoms with Crippen LogP contribution in [0.3, 0.4) is 0 Å². The number of halogens is 4. The summed E-state index contributed by atoms with van der Waals surface area (Å²) in [5.41, 5.74) is 1.73. The van der Waals surface area contributed by atoms with Crippen LogP contribution in [0.2, 0.25) is 10.2 Å². The first-order valence-corrected chi connectivity index (χ1v) is 8.40. The predicted molar refractivity (Wildman–Crippen MR) is 91.4 cm³/mol. The van der Waals surface area contributed by atoms with E-state index in [2.05, 4.69) is 55.7 Å². The molecule has 0 aliphatic carbocycles. The smallest absolute Gasteiger partial charge is 0.162 e. The fourth-order valence-electron chi connectivity index (χ4n) is 1.77. The third-order valence-electron chi connectivity index (χ3n) is 2.65. The summed E-state index contributed by atoms with van der Waals surface area (Å²) in [6.45, 7) is 4.27. The molecule has 0 N–H and O–H groups in total. The van der Waals surface area contributed by atoms with Gasteiger partial charge in [0.25, 0.3) is 0 Å². The monoisotopic (exact) mass is 436 g/mol. The Hall–Kier alpha value is -0.160. The van der Waals surface area contributed by atoms with Gasteiger partial charge in [-0.3, -0.25) is 0 Å². The zero-order valence-electron chi connectivity index (χ0n) is 10.9. The lowest BCUT2D eigenvalue weighted by Gasteiger charge is -2.11. The van der Waals surface area contributed by atoms with Crippen LogP contribution in [-0.2, 0) is 6.42 Å². The Morgan fingerprint density at radius 1 is 1.15 bits per heavy atom. The van der Waals surface area contributed by atoms with E-state index in [1.165, 1.54) is 0 Å². The summed E-state index contributed by atoms with van der Waals surface area (Å²) in [4.78, 5) is 8.95.